The summed E-state index contributed by atoms with van der Waals surface area (Å²) in [5, 5.41) is 0. The number of hydrogen-bond donors (Lipinski definition) is 1. The van der Waals surface area contributed by atoms with Crippen LogP contribution in [-0.4, -0.2) is 15.0 Å². The molecule has 2 aromatic heterocycles. The van der Waals surface area contributed by atoms with Crippen LogP contribution in [-0.2, 0) is 0 Å². The van der Waals surface area contributed by atoms with Crippen molar-refractivity contribution < 1.29 is 0 Å². The van der Waals surface area contributed by atoms with Gasteiger partial charge in [0.25, 0.3) is 0 Å². The molecule has 0 aromatic carbocycles. The molecule has 0 saturated heterocycles. The van der Waals surface area contributed by atoms with Crippen LogP contribution in [0, 0.1) is 6.92 Å². The van der Waals surface area contributed by atoms with E-state index in [1.165, 1.54) is 0 Å². The van der Waals surface area contributed by atoms with Crippen molar-refractivity contribution in [3.8, 4) is 0 Å². The molecule has 0 bridgehead atoms. The van der Waals surface area contributed by atoms with Crippen LogP contribution in [0.25, 0.3) is 11.0 Å². The number of hydrogen-bond acceptors (Lipinski definition) is 2. The zero-order valence-electron chi connectivity index (χ0n) is 12.1. The summed E-state index contributed by atoms with van der Waals surface area (Å²) in [6.07, 6.45) is 1.91. The third kappa shape index (κ3) is 3.84. The highest BCUT2D eigenvalue weighted by atomic mass is 14.9. The maximum absolute atomic E-state index is 4.43. The molecule has 2 aromatic rings. The fraction of sp³-hybridized carbons (Fsp3) is 0.571. The van der Waals surface area contributed by atoms with E-state index in [1.807, 2.05) is 46.9 Å². The molecule has 0 spiro atoms. The van der Waals surface area contributed by atoms with Gasteiger partial charge >= 0.3 is 0 Å². The Morgan fingerprint density at radius 3 is 2.18 bits per heavy atom. The Bertz CT molecular complexity index is 430. The summed E-state index contributed by atoms with van der Waals surface area (Å²) in [4.78, 5) is 11.9. The van der Waals surface area contributed by atoms with E-state index < -0.39 is 0 Å². The predicted molar refractivity (Wildman–Crippen MR) is 75.4 cm³/mol. The van der Waals surface area contributed by atoms with Crippen LogP contribution < -0.4 is 0 Å². The van der Waals surface area contributed by atoms with Gasteiger partial charge in [-0.25, -0.2) is 9.97 Å². The first-order valence-electron chi connectivity index (χ1n) is 6.50. The Labute approximate surface area is 105 Å². The summed E-state index contributed by atoms with van der Waals surface area (Å²) in [5.74, 6) is 1.28. The van der Waals surface area contributed by atoms with Crippen molar-refractivity contribution in [2.24, 2.45) is 0 Å². The number of nitrogens with zero attached hydrogens (tertiary/aromatic N) is 2. The molecule has 3 heteroatoms. The van der Waals surface area contributed by atoms with E-state index in [9.17, 15) is 0 Å². The molecule has 0 fully saturated rings. The molecular weight excluding hydrogens is 210 g/mol. The second-order valence-corrected chi connectivity index (χ2v) is 3.55. The summed E-state index contributed by atoms with van der Waals surface area (Å²) in [5.41, 5.74) is 3.18. The van der Waals surface area contributed by atoms with Gasteiger partial charge in [-0.2, -0.15) is 0 Å². The zero-order chi connectivity index (χ0) is 13.4. The van der Waals surface area contributed by atoms with E-state index in [-0.39, 0.29) is 0 Å². The van der Waals surface area contributed by atoms with Crippen LogP contribution in [0.15, 0.2) is 12.3 Å². The van der Waals surface area contributed by atoms with Crippen LogP contribution in [0.2, 0.25) is 0 Å². The lowest BCUT2D eigenvalue weighted by molar-refractivity contribution is 0.815. The highest BCUT2D eigenvalue weighted by molar-refractivity contribution is 5.77. The van der Waals surface area contributed by atoms with Crippen LogP contribution in [0.3, 0.4) is 0 Å². The van der Waals surface area contributed by atoms with Crippen LogP contribution in [0.5, 0.6) is 0 Å². The normalized spacial score (nSPS) is 9.41. The van der Waals surface area contributed by atoms with Gasteiger partial charge in [0.1, 0.15) is 5.82 Å². The Balaban J connectivity index is 0.000000581. The molecule has 2 rings (SSSR count). The molecule has 0 aliphatic heterocycles. The minimum absolute atomic E-state index is 0.433. The number of nitrogens with one attached hydrogen (secondary N) is 1. The quantitative estimate of drug-likeness (QED) is 0.793. The standard InChI is InChI=1S/C10H13N3.2C2H6/c1-6(2)9-10-8(4-5-11-10)12-7(3)13-9;2*1-2/h4-6,11H,1-3H3;2*1-2H3. The predicted octanol–water partition coefficient (Wildman–Crippen LogP) is 4.44. The summed E-state index contributed by atoms with van der Waals surface area (Å²) in [6.45, 7) is 14.2. The maximum Gasteiger partial charge on any atom is 0.126 e. The third-order valence-electron chi connectivity index (χ3n) is 2.09. The summed E-state index contributed by atoms with van der Waals surface area (Å²) in [6, 6.07) is 1.98. The minimum atomic E-state index is 0.433. The van der Waals surface area contributed by atoms with Gasteiger partial charge in [-0.15, -0.1) is 0 Å². The summed E-state index contributed by atoms with van der Waals surface area (Å²) >= 11 is 0. The summed E-state index contributed by atoms with van der Waals surface area (Å²) < 4.78 is 0. The van der Waals surface area contributed by atoms with Crippen molar-refractivity contribution in [1.29, 1.82) is 0 Å². The first kappa shape index (κ1) is 15.6. The molecule has 3 nitrogen and oxygen atoms in total. The van der Waals surface area contributed by atoms with E-state index in [1.54, 1.807) is 0 Å². The summed E-state index contributed by atoms with van der Waals surface area (Å²) in [7, 11) is 0. The number of aromatic amines is 1. The first-order chi connectivity index (χ1) is 8.18. The maximum atomic E-state index is 4.43. The SMILES string of the molecule is CC.CC.Cc1nc(C(C)C)c2[nH]ccc2n1. The Kier molecular flexibility index (Phi) is 7.19. The van der Waals surface area contributed by atoms with E-state index in [4.69, 9.17) is 0 Å². The van der Waals surface area contributed by atoms with Crippen molar-refractivity contribution in [1.82, 2.24) is 15.0 Å². The molecule has 17 heavy (non-hydrogen) atoms. The zero-order valence-corrected chi connectivity index (χ0v) is 12.1. The van der Waals surface area contributed by atoms with Gasteiger partial charge in [-0.05, 0) is 18.9 Å². The third-order valence-corrected chi connectivity index (χ3v) is 2.09. The Morgan fingerprint density at radius 2 is 1.65 bits per heavy atom. The van der Waals surface area contributed by atoms with E-state index >= 15 is 0 Å². The molecule has 1 N–H and O–H groups in total. The van der Waals surface area contributed by atoms with Gasteiger partial charge in [-0.3, -0.25) is 0 Å². The van der Waals surface area contributed by atoms with Gasteiger partial charge in [-0.1, -0.05) is 41.5 Å². The second-order valence-electron chi connectivity index (χ2n) is 3.55. The lowest BCUT2D eigenvalue weighted by Crippen LogP contribution is -1.98. The van der Waals surface area contributed by atoms with E-state index in [2.05, 4.69) is 28.8 Å². The van der Waals surface area contributed by atoms with Gasteiger partial charge < -0.3 is 4.98 Å². The highest BCUT2D eigenvalue weighted by Crippen LogP contribution is 2.20. The minimum Gasteiger partial charge on any atom is -0.358 e. The van der Waals surface area contributed by atoms with Crippen LogP contribution >= 0.6 is 0 Å². The molecule has 0 atom stereocenters. The number of H-pyrrole nitrogens is 1. The van der Waals surface area contributed by atoms with Crippen LogP contribution in [0.4, 0.5) is 0 Å². The molecule has 0 aliphatic rings. The van der Waals surface area contributed by atoms with Crippen LogP contribution in [0.1, 0.15) is 59.0 Å². The van der Waals surface area contributed by atoms with Crippen molar-refractivity contribution in [3.05, 3.63) is 23.8 Å². The topological polar surface area (TPSA) is 41.6 Å². The molecule has 0 saturated carbocycles. The molecule has 0 amide bonds. The van der Waals surface area contributed by atoms with Gasteiger partial charge in [0.15, 0.2) is 0 Å². The molecule has 96 valence electrons. The molecule has 0 unspecified atom stereocenters. The lowest BCUT2D eigenvalue weighted by Gasteiger charge is -2.06. The van der Waals surface area contributed by atoms with E-state index in [0.717, 1.165) is 22.6 Å². The fourth-order valence-corrected chi connectivity index (χ4v) is 1.51. The number of rotatable bonds is 1. The smallest absolute Gasteiger partial charge is 0.126 e. The van der Waals surface area contributed by atoms with Crippen molar-refractivity contribution >= 4 is 11.0 Å². The molecule has 0 aliphatic carbocycles. The van der Waals surface area contributed by atoms with Crippen molar-refractivity contribution in [2.45, 2.75) is 54.4 Å². The number of aryl methyl sites for hydroxylation is 1. The monoisotopic (exact) mass is 235 g/mol. The van der Waals surface area contributed by atoms with Crippen molar-refractivity contribution in [2.75, 3.05) is 0 Å². The van der Waals surface area contributed by atoms with Gasteiger partial charge in [0, 0.05) is 6.20 Å². The average Bonchev–Trinajstić information content (AvgIpc) is 2.80. The lowest BCUT2D eigenvalue weighted by atomic mass is 10.1. The first-order valence-corrected chi connectivity index (χ1v) is 6.50. The van der Waals surface area contributed by atoms with Crippen molar-refractivity contribution in [3.63, 3.8) is 0 Å². The Hall–Kier alpha value is -1.38. The molecular formula is C14H25N3. The molecule has 0 radical (unpaired) electrons. The molecule has 2 heterocycles. The Morgan fingerprint density at radius 1 is 1.06 bits per heavy atom. The number of aromatic nitrogens is 3. The second kappa shape index (κ2) is 7.82. The highest BCUT2D eigenvalue weighted by Gasteiger charge is 2.09. The van der Waals surface area contributed by atoms with E-state index in [0.29, 0.717) is 5.92 Å². The van der Waals surface area contributed by atoms with Gasteiger partial charge in [0.05, 0.1) is 16.7 Å². The number of fused-ring (bicyclic) bond motifs is 1. The van der Waals surface area contributed by atoms with Gasteiger partial charge in [0.2, 0.25) is 0 Å². The largest absolute Gasteiger partial charge is 0.358 e. The average molecular weight is 235 g/mol. The fourth-order valence-electron chi connectivity index (χ4n) is 1.51.